The van der Waals surface area contributed by atoms with Crippen molar-refractivity contribution >= 4 is 43.4 Å². The molecular formula is C45H36N2. The van der Waals surface area contributed by atoms with Gasteiger partial charge in [0, 0.05) is 28.1 Å². The lowest BCUT2D eigenvalue weighted by Crippen LogP contribution is -2.06. The molecule has 0 amide bonds. The second kappa shape index (κ2) is 11.5. The molecule has 1 aliphatic carbocycles. The quantitative estimate of drug-likeness (QED) is 0.147. The van der Waals surface area contributed by atoms with E-state index >= 15 is 0 Å². The van der Waals surface area contributed by atoms with Gasteiger partial charge >= 0.3 is 0 Å². The number of hydrogen-bond donors (Lipinski definition) is 0. The first-order valence-corrected chi connectivity index (χ1v) is 17.0. The Balaban J connectivity index is 1.20. The highest BCUT2D eigenvalue weighted by Crippen LogP contribution is 2.44. The summed E-state index contributed by atoms with van der Waals surface area (Å²) in [7, 11) is 0. The molecule has 1 aliphatic rings. The van der Waals surface area contributed by atoms with Gasteiger partial charge in [-0.3, -0.25) is 9.97 Å². The molecule has 2 heterocycles. The van der Waals surface area contributed by atoms with Gasteiger partial charge in [0.1, 0.15) is 0 Å². The standard InChI is InChI=1S/C45H36N2/c1-29-28-40(39-26-24-34-25-27-41(31-12-4-2-5-13-31)47-44(34)45(39)46-29)30-20-22-33(23-21-30)43-37-18-10-8-16-35(37)42(32-14-6-3-7-15-32)36-17-9-11-19-38(36)43/h3,6-11,14-28,31H,2,4-5,12-13H2,1H3. The lowest BCUT2D eigenvalue weighted by atomic mass is 9.85. The van der Waals surface area contributed by atoms with E-state index in [1.165, 1.54) is 92.7 Å². The highest BCUT2D eigenvalue weighted by Gasteiger charge is 2.19. The Labute approximate surface area is 275 Å². The summed E-state index contributed by atoms with van der Waals surface area (Å²) in [5.41, 5.74) is 11.7. The molecule has 0 unspecified atom stereocenters. The summed E-state index contributed by atoms with van der Waals surface area (Å²) in [6.07, 6.45) is 6.45. The van der Waals surface area contributed by atoms with E-state index in [9.17, 15) is 0 Å². The van der Waals surface area contributed by atoms with E-state index in [4.69, 9.17) is 9.97 Å². The van der Waals surface area contributed by atoms with E-state index in [1.54, 1.807) is 0 Å². The monoisotopic (exact) mass is 604 g/mol. The zero-order valence-corrected chi connectivity index (χ0v) is 26.7. The van der Waals surface area contributed by atoms with Gasteiger partial charge in [0.2, 0.25) is 0 Å². The maximum atomic E-state index is 5.28. The molecule has 8 aromatic rings. The summed E-state index contributed by atoms with van der Waals surface area (Å²) in [5, 5.41) is 7.42. The van der Waals surface area contributed by atoms with Crippen LogP contribution >= 0.6 is 0 Å². The molecule has 0 radical (unpaired) electrons. The second-order valence-corrected chi connectivity index (χ2v) is 13.2. The van der Waals surface area contributed by atoms with Gasteiger partial charge in [-0.15, -0.1) is 0 Å². The molecule has 0 N–H and O–H groups in total. The lowest BCUT2D eigenvalue weighted by molar-refractivity contribution is 0.437. The first kappa shape index (κ1) is 27.9. The summed E-state index contributed by atoms with van der Waals surface area (Å²) in [5.74, 6) is 0.564. The van der Waals surface area contributed by atoms with Crippen LogP contribution in [-0.4, -0.2) is 9.97 Å². The fourth-order valence-electron chi connectivity index (χ4n) is 8.05. The number of rotatable bonds is 4. The number of hydrogen-bond acceptors (Lipinski definition) is 2. The Morgan fingerprint density at radius 1 is 0.468 bits per heavy atom. The maximum Gasteiger partial charge on any atom is 0.0974 e. The van der Waals surface area contributed by atoms with E-state index in [0.29, 0.717) is 5.92 Å². The normalized spacial score (nSPS) is 14.0. The number of aryl methyl sites for hydroxylation is 1. The largest absolute Gasteiger partial charge is 0.251 e. The molecule has 1 fully saturated rings. The highest BCUT2D eigenvalue weighted by atomic mass is 14.8. The minimum absolute atomic E-state index is 0.564. The molecule has 2 aromatic heterocycles. The van der Waals surface area contributed by atoms with Gasteiger partial charge in [0.25, 0.3) is 0 Å². The number of fused-ring (bicyclic) bond motifs is 5. The van der Waals surface area contributed by atoms with Crippen molar-refractivity contribution < 1.29 is 0 Å². The third-order valence-corrected chi connectivity index (χ3v) is 10.3. The SMILES string of the molecule is Cc1cc(-c2ccc(-c3c4ccccc4c(-c4ccccc4)c4ccccc34)cc2)c2ccc3ccc(C4CCCCC4)nc3c2n1. The van der Waals surface area contributed by atoms with Crippen LogP contribution in [0.1, 0.15) is 49.4 Å². The smallest absolute Gasteiger partial charge is 0.0974 e. The molecule has 0 saturated heterocycles. The van der Waals surface area contributed by atoms with Crippen LogP contribution in [0.25, 0.3) is 76.7 Å². The van der Waals surface area contributed by atoms with Crippen molar-refractivity contribution in [3.05, 3.63) is 145 Å². The third kappa shape index (κ3) is 4.79. The summed E-state index contributed by atoms with van der Waals surface area (Å²) in [6, 6.07) is 48.9. The fraction of sp³-hybridized carbons (Fsp3) is 0.156. The predicted octanol–water partition coefficient (Wildman–Crippen LogP) is 12.4. The number of pyridine rings is 2. The lowest BCUT2D eigenvalue weighted by Gasteiger charge is -2.21. The summed E-state index contributed by atoms with van der Waals surface area (Å²) < 4.78 is 0. The molecule has 2 nitrogen and oxygen atoms in total. The number of nitrogens with zero attached hydrogens (tertiary/aromatic N) is 2. The van der Waals surface area contributed by atoms with E-state index in [2.05, 4.69) is 140 Å². The van der Waals surface area contributed by atoms with Gasteiger partial charge in [0.15, 0.2) is 0 Å². The zero-order chi connectivity index (χ0) is 31.3. The molecule has 2 heteroatoms. The van der Waals surface area contributed by atoms with E-state index in [-0.39, 0.29) is 0 Å². The Morgan fingerprint density at radius 3 is 1.66 bits per heavy atom. The third-order valence-electron chi connectivity index (χ3n) is 10.3. The van der Waals surface area contributed by atoms with Crippen LogP contribution in [0.2, 0.25) is 0 Å². The summed E-state index contributed by atoms with van der Waals surface area (Å²) in [6.45, 7) is 2.10. The van der Waals surface area contributed by atoms with Gasteiger partial charge in [-0.1, -0.05) is 141 Å². The molecular weight excluding hydrogens is 569 g/mol. The molecule has 226 valence electrons. The molecule has 9 rings (SSSR count). The average Bonchev–Trinajstić information content (AvgIpc) is 3.14. The summed E-state index contributed by atoms with van der Waals surface area (Å²) >= 11 is 0. The van der Waals surface area contributed by atoms with E-state index < -0.39 is 0 Å². The van der Waals surface area contributed by atoms with Crippen molar-refractivity contribution in [3.8, 4) is 33.4 Å². The topological polar surface area (TPSA) is 25.8 Å². The first-order chi connectivity index (χ1) is 23.2. The average molecular weight is 605 g/mol. The second-order valence-electron chi connectivity index (χ2n) is 13.2. The molecule has 6 aromatic carbocycles. The minimum Gasteiger partial charge on any atom is -0.251 e. The van der Waals surface area contributed by atoms with Crippen LogP contribution in [-0.2, 0) is 0 Å². The maximum absolute atomic E-state index is 5.28. The van der Waals surface area contributed by atoms with E-state index in [1.807, 2.05) is 0 Å². The van der Waals surface area contributed by atoms with Crippen molar-refractivity contribution in [2.75, 3.05) is 0 Å². The number of aromatic nitrogens is 2. The van der Waals surface area contributed by atoms with Gasteiger partial charge < -0.3 is 0 Å². The Bertz CT molecular complexity index is 2380. The fourth-order valence-corrected chi connectivity index (χ4v) is 8.05. The van der Waals surface area contributed by atoms with Crippen LogP contribution in [0.4, 0.5) is 0 Å². The molecule has 0 bridgehead atoms. The van der Waals surface area contributed by atoms with Crippen molar-refractivity contribution in [2.24, 2.45) is 0 Å². The predicted molar refractivity (Wildman–Crippen MR) is 199 cm³/mol. The Kier molecular flexibility index (Phi) is 6.82. The van der Waals surface area contributed by atoms with Crippen LogP contribution in [0, 0.1) is 6.92 Å². The van der Waals surface area contributed by atoms with Gasteiger partial charge in [-0.25, -0.2) is 0 Å². The molecule has 1 saturated carbocycles. The molecule has 0 spiro atoms. The van der Waals surface area contributed by atoms with Gasteiger partial charge in [0.05, 0.1) is 11.0 Å². The van der Waals surface area contributed by atoms with Crippen LogP contribution in [0.15, 0.2) is 133 Å². The van der Waals surface area contributed by atoms with Gasteiger partial charge in [-0.05, 0) is 86.8 Å². The molecule has 0 atom stereocenters. The number of benzene rings is 6. The minimum atomic E-state index is 0.564. The van der Waals surface area contributed by atoms with Crippen LogP contribution < -0.4 is 0 Å². The van der Waals surface area contributed by atoms with Crippen molar-refractivity contribution in [1.29, 1.82) is 0 Å². The zero-order valence-electron chi connectivity index (χ0n) is 26.7. The van der Waals surface area contributed by atoms with Crippen molar-refractivity contribution in [1.82, 2.24) is 9.97 Å². The summed E-state index contributed by atoms with van der Waals surface area (Å²) in [4.78, 5) is 10.4. The van der Waals surface area contributed by atoms with E-state index in [0.717, 1.165) is 27.5 Å². The Hall–Kier alpha value is -5.34. The molecule has 47 heavy (non-hydrogen) atoms. The first-order valence-electron chi connectivity index (χ1n) is 17.0. The van der Waals surface area contributed by atoms with Crippen LogP contribution in [0.3, 0.4) is 0 Å². The highest BCUT2D eigenvalue weighted by molar-refractivity contribution is 6.21. The Morgan fingerprint density at radius 2 is 1.02 bits per heavy atom. The molecule has 0 aliphatic heterocycles. The van der Waals surface area contributed by atoms with Crippen LogP contribution in [0.5, 0.6) is 0 Å². The van der Waals surface area contributed by atoms with Gasteiger partial charge in [-0.2, -0.15) is 0 Å². The van der Waals surface area contributed by atoms with Crippen molar-refractivity contribution in [2.45, 2.75) is 44.9 Å². The van der Waals surface area contributed by atoms with Crippen molar-refractivity contribution in [3.63, 3.8) is 0 Å².